The second-order valence-corrected chi connectivity index (χ2v) is 7.83. The molecule has 0 aliphatic carbocycles. The van der Waals surface area contributed by atoms with Crippen LogP contribution in [0.3, 0.4) is 0 Å². The van der Waals surface area contributed by atoms with Crippen molar-refractivity contribution in [2.75, 3.05) is 11.1 Å². The fraction of sp³-hybridized carbons (Fsp3) is 0. The number of sulfonamides is 1. The Morgan fingerprint density at radius 2 is 1.85 bits per heavy atom. The average molecular weight is 392 g/mol. The van der Waals surface area contributed by atoms with E-state index >= 15 is 0 Å². The van der Waals surface area contributed by atoms with Crippen LogP contribution in [0.25, 0.3) is 0 Å². The van der Waals surface area contributed by atoms with Gasteiger partial charge in [-0.3, -0.25) is 4.79 Å². The molecule has 0 bridgehead atoms. The van der Waals surface area contributed by atoms with Gasteiger partial charge in [-0.05, 0) is 36.4 Å². The van der Waals surface area contributed by atoms with Crippen LogP contribution in [0.5, 0.6) is 0 Å². The van der Waals surface area contributed by atoms with E-state index in [-0.39, 0.29) is 21.2 Å². The Labute approximate surface area is 152 Å². The van der Waals surface area contributed by atoms with E-state index in [1.807, 2.05) is 0 Å². The predicted molar refractivity (Wildman–Crippen MR) is 97.5 cm³/mol. The van der Waals surface area contributed by atoms with Crippen molar-refractivity contribution in [3.63, 3.8) is 0 Å². The lowest BCUT2D eigenvalue weighted by atomic mass is 10.1. The molecular weight excluding hydrogens is 379 g/mol. The molecule has 0 saturated heterocycles. The van der Waals surface area contributed by atoms with Gasteiger partial charge in [0.25, 0.3) is 0 Å². The van der Waals surface area contributed by atoms with Crippen LogP contribution in [0.1, 0.15) is 15.2 Å². The van der Waals surface area contributed by atoms with Gasteiger partial charge < -0.3 is 11.1 Å². The van der Waals surface area contributed by atoms with Crippen LogP contribution in [-0.4, -0.2) is 19.2 Å². The predicted octanol–water partition coefficient (Wildman–Crippen LogP) is 2.49. The molecule has 7 nitrogen and oxygen atoms in total. The number of nitrogens with two attached hydrogens (primary N) is 2. The number of hydrogen-bond donors (Lipinski definition) is 3. The van der Waals surface area contributed by atoms with E-state index < -0.39 is 21.6 Å². The van der Waals surface area contributed by atoms with Crippen molar-refractivity contribution < 1.29 is 17.6 Å². The third-order valence-electron chi connectivity index (χ3n) is 3.38. The van der Waals surface area contributed by atoms with E-state index in [4.69, 9.17) is 10.9 Å². The molecule has 0 saturated carbocycles. The number of aromatic nitrogens is 1. The highest BCUT2D eigenvalue weighted by Crippen LogP contribution is 2.30. The van der Waals surface area contributed by atoms with Gasteiger partial charge in [0, 0.05) is 11.3 Å². The molecule has 0 atom stereocenters. The molecule has 1 aromatic heterocycles. The van der Waals surface area contributed by atoms with Crippen molar-refractivity contribution in [3.05, 3.63) is 64.8 Å². The zero-order valence-corrected chi connectivity index (χ0v) is 14.8. The first-order chi connectivity index (χ1) is 12.2. The van der Waals surface area contributed by atoms with Crippen LogP contribution in [0.2, 0.25) is 0 Å². The van der Waals surface area contributed by atoms with Gasteiger partial charge in [0.1, 0.15) is 16.5 Å². The van der Waals surface area contributed by atoms with Crippen molar-refractivity contribution in [2.45, 2.75) is 4.90 Å². The number of nitrogens with zero attached hydrogens (tertiary/aromatic N) is 1. The molecule has 5 N–H and O–H groups in total. The minimum Gasteiger partial charge on any atom is -0.382 e. The highest BCUT2D eigenvalue weighted by Gasteiger charge is 2.18. The van der Waals surface area contributed by atoms with Gasteiger partial charge in [-0.25, -0.2) is 22.9 Å². The van der Waals surface area contributed by atoms with Crippen LogP contribution >= 0.6 is 11.3 Å². The van der Waals surface area contributed by atoms with Gasteiger partial charge in [-0.2, -0.15) is 0 Å². The van der Waals surface area contributed by atoms with Crippen molar-refractivity contribution in [3.8, 4) is 0 Å². The topological polar surface area (TPSA) is 128 Å². The summed E-state index contributed by atoms with van der Waals surface area (Å²) in [6.07, 6.45) is 0. The molecule has 3 rings (SSSR count). The second-order valence-electron chi connectivity index (χ2n) is 5.27. The third-order valence-corrected chi connectivity index (χ3v) is 5.30. The Morgan fingerprint density at radius 3 is 2.46 bits per heavy atom. The zero-order valence-electron chi connectivity index (χ0n) is 13.1. The Kier molecular flexibility index (Phi) is 4.72. The number of benzene rings is 2. The second kappa shape index (κ2) is 6.83. The minimum absolute atomic E-state index is 0.0212. The molecule has 134 valence electrons. The number of carbonyl (C=O) groups excluding carboxylic acids is 1. The number of rotatable bonds is 5. The van der Waals surface area contributed by atoms with Gasteiger partial charge >= 0.3 is 0 Å². The largest absolute Gasteiger partial charge is 0.382 e. The summed E-state index contributed by atoms with van der Waals surface area (Å²) in [5.41, 5.74) is 6.51. The van der Waals surface area contributed by atoms with Crippen molar-refractivity contribution in [1.82, 2.24) is 4.98 Å². The number of ketones is 1. The summed E-state index contributed by atoms with van der Waals surface area (Å²) in [6.45, 7) is 0. The van der Waals surface area contributed by atoms with Gasteiger partial charge in [0.05, 0.1) is 4.90 Å². The molecule has 26 heavy (non-hydrogen) atoms. The Morgan fingerprint density at radius 1 is 1.15 bits per heavy atom. The number of primary sulfonamides is 1. The monoisotopic (exact) mass is 392 g/mol. The fourth-order valence-corrected chi connectivity index (χ4v) is 3.54. The van der Waals surface area contributed by atoms with Gasteiger partial charge in [-0.1, -0.05) is 23.5 Å². The summed E-state index contributed by atoms with van der Waals surface area (Å²) in [5, 5.41) is 8.31. The van der Waals surface area contributed by atoms with E-state index in [1.54, 1.807) is 0 Å². The zero-order chi connectivity index (χ0) is 18.9. The Hall–Kier alpha value is -2.82. The first-order valence-electron chi connectivity index (χ1n) is 7.20. The lowest BCUT2D eigenvalue weighted by molar-refractivity contribution is 0.104. The lowest BCUT2D eigenvalue weighted by Gasteiger charge is -2.03. The average Bonchev–Trinajstić information content (AvgIpc) is 2.94. The van der Waals surface area contributed by atoms with Crippen molar-refractivity contribution >= 4 is 43.8 Å². The molecule has 0 aliphatic rings. The maximum Gasteiger partial charge on any atom is 0.238 e. The minimum atomic E-state index is -3.78. The van der Waals surface area contributed by atoms with E-state index in [0.717, 1.165) is 17.4 Å². The van der Waals surface area contributed by atoms with Gasteiger partial charge in [0.15, 0.2) is 5.13 Å². The van der Waals surface area contributed by atoms with E-state index in [0.29, 0.717) is 10.8 Å². The lowest BCUT2D eigenvalue weighted by Crippen LogP contribution is -2.11. The Balaban J connectivity index is 1.83. The number of hydrogen-bond acceptors (Lipinski definition) is 7. The standard InChI is InChI=1S/C16H13FN4O3S2/c17-10-3-1-2-9(8-10)13(22)14-15(18)21-16(25-14)20-11-4-6-12(7-5-11)26(19,23)24/h1-8H,18H2,(H,20,21)(H2,19,23,24). The SMILES string of the molecule is Nc1nc(Nc2ccc(S(N)(=O)=O)cc2)sc1C(=O)c1cccc(F)c1. The number of anilines is 3. The maximum absolute atomic E-state index is 13.3. The van der Waals surface area contributed by atoms with Gasteiger partial charge in [0.2, 0.25) is 15.8 Å². The smallest absolute Gasteiger partial charge is 0.238 e. The maximum atomic E-state index is 13.3. The number of nitrogens with one attached hydrogen (secondary N) is 1. The summed E-state index contributed by atoms with van der Waals surface area (Å²) < 4.78 is 35.8. The van der Waals surface area contributed by atoms with Crippen molar-refractivity contribution in [2.24, 2.45) is 5.14 Å². The molecule has 0 amide bonds. The molecule has 10 heteroatoms. The van der Waals surface area contributed by atoms with Crippen LogP contribution in [-0.2, 0) is 10.0 Å². The summed E-state index contributed by atoms with van der Waals surface area (Å²) >= 11 is 1.01. The number of thiazole rings is 1. The summed E-state index contributed by atoms with van der Waals surface area (Å²) in [4.78, 5) is 16.7. The number of nitrogen functional groups attached to an aromatic ring is 1. The van der Waals surface area contributed by atoms with Crippen molar-refractivity contribution in [1.29, 1.82) is 0 Å². The first-order valence-corrected chi connectivity index (χ1v) is 9.57. The highest BCUT2D eigenvalue weighted by molar-refractivity contribution is 7.89. The van der Waals surface area contributed by atoms with E-state index in [1.165, 1.54) is 42.5 Å². The van der Waals surface area contributed by atoms with Crippen LogP contribution < -0.4 is 16.2 Å². The summed E-state index contributed by atoms with van der Waals surface area (Å²) in [6, 6.07) is 11.0. The molecule has 0 unspecified atom stereocenters. The number of halogens is 1. The van der Waals surface area contributed by atoms with E-state index in [2.05, 4.69) is 10.3 Å². The van der Waals surface area contributed by atoms with E-state index in [9.17, 15) is 17.6 Å². The third kappa shape index (κ3) is 3.87. The normalized spacial score (nSPS) is 11.3. The summed E-state index contributed by atoms with van der Waals surface area (Å²) in [7, 11) is -3.78. The molecule has 0 aliphatic heterocycles. The molecule has 1 heterocycles. The molecule has 0 spiro atoms. The first kappa shape index (κ1) is 18.0. The molecular formula is C16H13FN4O3S2. The number of carbonyl (C=O) groups is 1. The quantitative estimate of drug-likeness (QED) is 0.572. The van der Waals surface area contributed by atoms with Crippen LogP contribution in [0.15, 0.2) is 53.4 Å². The van der Waals surface area contributed by atoms with Gasteiger partial charge in [-0.15, -0.1) is 0 Å². The molecule has 2 aromatic carbocycles. The molecule has 3 aromatic rings. The Bertz CT molecular complexity index is 1080. The molecule has 0 radical (unpaired) electrons. The fourth-order valence-electron chi connectivity index (χ4n) is 2.16. The highest BCUT2D eigenvalue weighted by atomic mass is 32.2. The van der Waals surface area contributed by atoms with Crippen LogP contribution in [0, 0.1) is 5.82 Å². The summed E-state index contributed by atoms with van der Waals surface area (Å²) in [5.74, 6) is -0.933. The van der Waals surface area contributed by atoms with Crippen LogP contribution in [0.4, 0.5) is 21.0 Å². The molecule has 0 fully saturated rings.